The van der Waals surface area contributed by atoms with Crippen molar-refractivity contribution in [1.29, 1.82) is 0 Å². The van der Waals surface area contributed by atoms with Crippen LogP contribution in [0.3, 0.4) is 0 Å². The van der Waals surface area contributed by atoms with Crippen LogP contribution in [-0.4, -0.2) is 8.42 Å². The van der Waals surface area contributed by atoms with Crippen molar-refractivity contribution in [1.82, 2.24) is 0 Å². The Labute approximate surface area is 142 Å². The lowest BCUT2D eigenvalue weighted by atomic mass is 10.0. The van der Waals surface area contributed by atoms with Gasteiger partial charge in [-0.3, -0.25) is 4.72 Å². The zero-order valence-corrected chi connectivity index (χ0v) is 14.0. The van der Waals surface area contributed by atoms with Crippen LogP contribution >= 0.6 is 0 Å². The second kappa shape index (κ2) is 6.37. The van der Waals surface area contributed by atoms with Crippen molar-refractivity contribution in [3.63, 3.8) is 0 Å². The minimum atomic E-state index is -3.68. The van der Waals surface area contributed by atoms with E-state index >= 15 is 0 Å². The van der Waals surface area contributed by atoms with Crippen molar-refractivity contribution in [3.8, 4) is 11.1 Å². The Bertz CT molecular complexity index is 950. The molecule has 0 spiro atoms. The molecule has 0 fully saturated rings. The maximum atomic E-state index is 12.5. The van der Waals surface area contributed by atoms with E-state index in [0.29, 0.717) is 11.4 Å². The first-order valence-corrected chi connectivity index (χ1v) is 8.98. The van der Waals surface area contributed by atoms with E-state index in [4.69, 9.17) is 5.73 Å². The van der Waals surface area contributed by atoms with Crippen molar-refractivity contribution in [2.24, 2.45) is 0 Å². The third-order valence-electron chi connectivity index (χ3n) is 3.74. The van der Waals surface area contributed by atoms with Gasteiger partial charge in [0.25, 0.3) is 10.0 Å². The smallest absolute Gasteiger partial charge is 0.261 e. The van der Waals surface area contributed by atoms with Crippen LogP contribution in [-0.2, 0) is 10.0 Å². The summed E-state index contributed by atoms with van der Waals surface area (Å²) in [6.45, 7) is 1.91. The predicted molar refractivity (Wildman–Crippen MR) is 98.3 cm³/mol. The normalized spacial score (nSPS) is 11.2. The van der Waals surface area contributed by atoms with Crippen LogP contribution in [0.25, 0.3) is 11.1 Å². The van der Waals surface area contributed by atoms with E-state index in [1.807, 2.05) is 43.3 Å². The maximum absolute atomic E-state index is 12.5. The van der Waals surface area contributed by atoms with Crippen molar-refractivity contribution >= 4 is 21.4 Å². The van der Waals surface area contributed by atoms with Crippen LogP contribution < -0.4 is 10.5 Å². The van der Waals surface area contributed by atoms with E-state index in [1.165, 1.54) is 0 Å². The Balaban J connectivity index is 1.96. The molecule has 4 nitrogen and oxygen atoms in total. The molecule has 24 heavy (non-hydrogen) atoms. The van der Waals surface area contributed by atoms with Gasteiger partial charge < -0.3 is 5.73 Å². The molecule has 3 N–H and O–H groups in total. The summed E-state index contributed by atoms with van der Waals surface area (Å²) in [5.74, 6) is 0. The third-order valence-corrected chi connectivity index (χ3v) is 5.12. The lowest BCUT2D eigenvalue weighted by Crippen LogP contribution is -2.14. The van der Waals surface area contributed by atoms with Gasteiger partial charge in [0, 0.05) is 0 Å². The van der Waals surface area contributed by atoms with Crippen LogP contribution in [0.5, 0.6) is 0 Å². The average Bonchev–Trinajstić information content (AvgIpc) is 2.58. The molecule has 3 aromatic rings. The number of nitrogen functional groups attached to an aromatic ring is 1. The van der Waals surface area contributed by atoms with E-state index in [2.05, 4.69) is 4.72 Å². The van der Waals surface area contributed by atoms with Crippen LogP contribution in [0.4, 0.5) is 11.4 Å². The fourth-order valence-electron chi connectivity index (χ4n) is 2.38. The Morgan fingerprint density at radius 3 is 2.17 bits per heavy atom. The molecular weight excluding hydrogens is 320 g/mol. The molecule has 3 aromatic carbocycles. The van der Waals surface area contributed by atoms with Gasteiger partial charge in [0.2, 0.25) is 0 Å². The Morgan fingerprint density at radius 2 is 1.50 bits per heavy atom. The molecule has 0 aliphatic carbocycles. The third kappa shape index (κ3) is 3.41. The van der Waals surface area contributed by atoms with Crippen LogP contribution in [0, 0.1) is 6.92 Å². The topological polar surface area (TPSA) is 72.2 Å². The minimum Gasteiger partial charge on any atom is -0.397 e. The van der Waals surface area contributed by atoms with E-state index in [0.717, 1.165) is 16.7 Å². The zero-order valence-electron chi connectivity index (χ0n) is 13.2. The molecule has 0 heterocycles. The summed E-state index contributed by atoms with van der Waals surface area (Å²) in [6, 6.07) is 21.7. The molecule has 0 aliphatic rings. The molecule has 0 saturated heterocycles. The molecule has 0 radical (unpaired) electrons. The molecule has 5 heteroatoms. The van der Waals surface area contributed by atoms with E-state index in [-0.39, 0.29) is 4.90 Å². The first kappa shape index (κ1) is 16.1. The average molecular weight is 338 g/mol. The summed E-state index contributed by atoms with van der Waals surface area (Å²) >= 11 is 0. The minimum absolute atomic E-state index is 0.206. The number of benzene rings is 3. The molecule has 0 aliphatic heterocycles. The van der Waals surface area contributed by atoms with Crippen molar-refractivity contribution < 1.29 is 8.42 Å². The monoisotopic (exact) mass is 338 g/mol. The fourth-order valence-corrected chi connectivity index (χ4v) is 3.45. The molecule has 0 unspecified atom stereocenters. The van der Waals surface area contributed by atoms with Crippen LogP contribution in [0.2, 0.25) is 0 Å². The highest BCUT2D eigenvalue weighted by atomic mass is 32.2. The zero-order chi connectivity index (χ0) is 17.2. The van der Waals surface area contributed by atoms with Gasteiger partial charge in [-0.15, -0.1) is 0 Å². The van der Waals surface area contributed by atoms with Crippen LogP contribution in [0.15, 0.2) is 77.7 Å². The molecule has 0 aromatic heterocycles. The standard InChI is InChI=1S/C19H18N2O2S/c1-14-7-10-17(11-8-14)24(22,23)21-19-13-16(9-12-18(19)20)15-5-3-2-4-6-15/h2-13,21H,20H2,1H3. The highest BCUT2D eigenvalue weighted by Gasteiger charge is 2.15. The van der Waals surface area contributed by atoms with Crippen molar-refractivity contribution in [2.75, 3.05) is 10.5 Å². The van der Waals surface area contributed by atoms with Gasteiger partial charge in [-0.05, 0) is 42.3 Å². The van der Waals surface area contributed by atoms with Crippen molar-refractivity contribution in [2.45, 2.75) is 11.8 Å². The first-order valence-electron chi connectivity index (χ1n) is 7.50. The number of nitrogens with one attached hydrogen (secondary N) is 1. The number of rotatable bonds is 4. The summed E-state index contributed by atoms with van der Waals surface area (Å²) in [5.41, 5.74) is 9.59. The molecule has 0 bridgehead atoms. The highest BCUT2D eigenvalue weighted by Crippen LogP contribution is 2.29. The number of hydrogen-bond donors (Lipinski definition) is 2. The number of nitrogens with two attached hydrogens (primary N) is 1. The molecule has 122 valence electrons. The second-order valence-corrected chi connectivity index (χ2v) is 7.27. The lowest BCUT2D eigenvalue weighted by Gasteiger charge is -2.12. The lowest BCUT2D eigenvalue weighted by molar-refractivity contribution is 0.601. The van der Waals surface area contributed by atoms with Gasteiger partial charge >= 0.3 is 0 Å². The summed E-state index contributed by atoms with van der Waals surface area (Å²) in [7, 11) is -3.68. The first-order chi connectivity index (χ1) is 11.5. The van der Waals surface area contributed by atoms with Crippen LogP contribution in [0.1, 0.15) is 5.56 Å². The molecular formula is C19H18N2O2S. The second-order valence-electron chi connectivity index (χ2n) is 5.59. The summed E-state index contributed by atoms with van der Waals surface area (Å²) < 4.78 is 27.7. The van der Waals surface area contributed by atoms with E-state index in [1.54, 1.807) is 36.4 Å². The SMILES string of the molecule is Cc1ccc(S(=O)(=O)Nc2cc(-c3ccccc3)ccc2N)cc1. The molecule has 0 saturated carbocycles. The Hall–Kier alpha value is -2.79. The van der Waals surface area contributed by atoms with Gasteiger partial charge in [-0.25, -0.2) is 8.42 Å². The quantitative estimate of drug-likeness (QED) is 0.705. The fraction of sp³-hybridized carbons (Fsp3) is 0.0526. The van der Waals surface area contributed by atoms with Gasteiger partial charge in [0.15, 0.2) is 0 Å². The molecule has 3 rings (SSSR count). The number of sulfonamides is 1. The molecule has 0 atom stereocenters. The summed E-state index contributed by atoms with van der Waals surface area (Å²) in [6.07, 6.45) is 0. The largest absolute Gasteiger partial charge is 0.397 e. The summed E-state index contributed by atoms with van der Waals surface area (Å²) in [4.78, 5) is 0.206. The van der Waals surface area contributed by atoms with Crippen molar-refractivity contribution in [3.05, 3.63) is 78.4 Å². The maximum Gasteiger partial charge on any atom is 0.261 e. The molecule has 0 amide bonds. The van der Waals surface area contributed by atoms with Gasteiger partial charge in [-0.1, -0.05) is 54.1 Å². The van der Waals surface area contributed by atoms with E-state index in [9.17, 15) is 8.42 Å². The number of hydrogen-bond acceptors (Lipinski definition) is 3. The van der Waals surface area contributed by atoms with Gasteiger partial charge in [0.1, 0.15) is 0 Å². The Morgan fingerprint density at radius 1 is 0.833 bits per heavy atom. The number of aryl methyl sites for hydroxylation is 1. The Kier molecular flexibility index (Phi) is 4.27. The predicted octanol–water partition coefficient (Wildman–Crippen LogP) is 4.05. The van der Waals surface area contributed by atoms with Gasteiger partial charge in [-0.2, -0.15) is 0 Å². The number of anilines is 2. The van der Waals surface area contributed by atoms with E-state index < -0.39 is 10.0 Å². The highest BCUT2D eigenvalue weighted by molar-refractivity contribution is 7.92. The summed E-state index contributed by atoms with van der Waals surface area (Å²) in [5, 5.41) is 0. The van der Waals surface area contributed by atoms with Gasteiger partial charge in [0.05, 0.1) is 16.3 Å².